The summed E-state index contributed by atoms with van der Waals surface area (Å²) in [6, 6.07) is 14.1. The third-order valence-corrected chi connectivity index (χ3v) is 7.05. The lowest BCUT2D eigenvalue weighted by atomic mass is 10.1. The number of methoxy groups -OCH3 is 2. The number of rotatable bonds is 15. The van der Waals surface area contributed by atoms with Crippen molar-refractivity contribution in [1.82, 2.24) is 9.80 Å². The lowest BCUT2D eigenvalue weighted by Crippen LogP contribution is -2.44. The Balaban J connectivity index is 1.81. The van der Waals surface area contributed by atoms with Crippen molar-refractivity contribution in [2.45, 2.75) is 33.2 Å². The Morgan fingerprint density at radius 2 is 1.68 bits per heavy atom. The molecular weight excluding hydrogens is 555 g/mol. The summed E-state index contributed by atoms with van der Waals surface area (Å²) in [6.07, 6.45) is 1.15. The predicted octanol–water partition coefficient (Wildman–Crippen LogP) is 6.05. The van der Waals surface area contributed by atoms with Crippen LogP contribution in [0.2, 0.25) is 10.0 Å². The van der Waals surface area contributed by atoms with Crippen LogP contribution >= 0.6 is 23.2 Å². The van der Waals surface area contributed by atoms with E-state index >= 15 is 0 Å². The number of hydrogen-bond acceptors (Lipinski definition) is 6. The highest BCUT2D eigenvalue weighted by molar-refractivity contribution is 6.42. The first kappa shape index (κ1) is 31.3. The third-order valence-electron chi connectivity index (χ3n) is 6.31. The molecule has 3 rings (SSSR count). The molecule has 2 aromatic carbocycles. The van der Waals surface area contributed by atoms with Gasteiger partial charge in [0.15, 0.2) is 11.5 Å². The van der Waals surface area contributed by atoms with E-state index in [1.54, 1.807) is 31.3 Å². The van der Waals surface area contributed by atoms with Crippen molar-refractivity contribution in [3.8, 4) is 11.5 Å². The van der Waals surface area contributed by atoms with Crippen LogP contribution < -0.4 is 9.47 Å². The number of ether oxygens (including phenoxy) is 3. The maximum Gasteiger partial charge on any atom is 0.254 e. The van der Waals surface area contributed by atoms with Gasteiger partial charge in [0, 0.05) is 31.9 Å². The van der Waals surface area contributed by atoms with E-state index in [9.17, 15) is 9.59 Å². The van der Waals surface area contributed by atoms with E-state index in [0.29, 0.717) is 67.0 Å². The first-order chi connectivity index (χ1) is 19.2. The third kappa shape index (κ3) is 8.91. The van der Waals surface area contributed by atoms with Crippen LogP contribution in [0.5, 0.6) is 11.5 Å². The summed E-state index contributed by atoms with van der Waals surface area (Å²) in [5.41, 5.74) is 1.34. The molecule has 8 nitrogen and oxygen atoms in total. The summed E-state index contributed by atoms with van der Waals surface area (Å²) < 4.78 is 22.0. The molecule has 1 heterocycles. The van der Waals surface area contributed by atoms with Crippen LogP contribution in [0.25, 0.3) is 0 Å². The Hall–Kier alpha value is -3.20. The highest BCUT2D eigenvalue weighted by Gasteiger charge is 2.24. The number of benzene rings is 2. The lowest BCUT2D eigenvalue weighted by molar-refractivity contribution is -0.132. The zero-order valence-electron chi connectivity index (χ0n) is 23.4. The van der Waals surface area contributed by atoms with Crippen molar-refractivity contribution in [2.75, 3.05) is 47.1 Å². The second-order valence-corrected chi connectivity index (χ2v) is 9.99. The van der Waals surface area contributed by atoms with Gasteiger partial charge in [0.2, 0.25) is 5.91 Å². The fraction of sp³-hybridized carbons (Fsp3) is 0.400. The highest BCUT2D eigenvalue weighted by atomic mass is 35.5. The zero-order valence-corrected chi connectivity index (χ0v) is 24.9. The molecule has 0 aliphatic rings. The van der Waals surface area contributed by atoms with Crippen molar-refractivity contribution in [3.63, 3.8) is 0 Å². The first-order valence-electron chi connectivity index (χ1n) is 13.1. The fourth-order valence-electron chi connectivity index (χ4n) is 4.18. The number of carbonyl (C=O) groups is 2. The van der Waals surface area contributed by atoms with Gasteiger partial charge in [-0.25, -0.2) is 0 Å². The monoisotopic (exact) mass is 590 g/mol. The van der Waals surface area contributed by atoms with E-state index < -0.39 is 0 Å². The first-order valence-corrected chi connectivity index (χ1v) is 13.9. The van der Waals surface area contributed by atoms with Crippen LogP contribution in [0.15, 0.2) is 52.9 Å². The van der Waals surface area contributed by atoms with Crippen molar-refractivity contribution in [3.05, 3.63) is 81.2 Å². The molecule has 0 fully saturated rings. The van der Waals surface area contributed by atoms with Gasteiger partial charge < -0.3 is 28.4 Å². The number of furan rings is 1. The molecule has 0 saturated heterocycles. The molecule has 2 amide bonds. The molecule has 10 heteroatoms. The summed E-state index contributed by atoms with van der Waals surface area (Å²) in [5, 5.41) is 0.630. The summed E-state index contributed by atoms with van der Waals surface area (Å²) >= 11 is 12.2. The molecular formula is C30H36Cl2N2O6. The van der Waals surface area contributed by atoms with Gasteiger partial charge in [0.05, 0.1) is 30.8 Å². The van der Waals surface area contributed by atoms with Crippen molar-refractivity contribution in [1.29, 1.82) is 0 Å². The summed E-state index contributed by atoms with van der Waals surface area (Å²) in [5.74, 6) is 2.16. The topological polar surface area (TPSA) is 81.5 Å². The van der Waals surface area contributed by atoms with Crippen LogP contribution in [0.4, 0.5) is 0 Å². The molecule has 40 heavy (non-hydrogen) atoms. The van der Waals surface area contributed by atoms with Crippen LogP contribution in [0.1, 0.15) is 40.8 Å². The smallest absolute Gasteiger partial charge is 0.254 e. The molecule has 0 N–H and O–H groups in total. The summed E-state index contributed by atoms with van der Waals surface area (Å²) in [6.45, 7) is 5.72. The number of nitrogens with zero attached hydrogens (tertiary/aromatic N) is 2. The van der Waals surface area contributed by atoms with Crippen molar-refractivity contribution < 1.29 is 28.2 Å². The van der Waals surface area contributed by atoms with E-state index in [-0.39, 0.29) is 29.9 Å². The molecule has 0 aliphatic heterocycles. The number of aryl methyl sites for hydroxylation is 1. The van der Waals surface area contributed by atoms with Crippen molar-refractivity contribution >= 4 is 35.0 Å². The maximum absolute atomic E-state index is 13.7. The Labute approximate surface area is 245 Å². The zero-order chi connectivity index (χ0) is 29.1. The van der Waals surface area contributed by atoms with Gasteiger partial charge in [-0.05, 0) is 74.7 Å². The minimum absolute atomic E-state index is 0.114. The SMILES string of the molecule is CCOCCCN(CC(=O)N(CCc1ccc(OC)c(OC)c1)Cc1ccc(C)o1)C(=O)c1ccc(Cl)c(Cl)c1. The maximum atomic E-state index is 13.7. The van der Waals surface area contributed by atoms with Gasteiger partial charge in [-0.1, -0.05) is 29.3 Å². The molecule has 0 bridgehead atoms. The number of amides is 2. The lowest BCUT2D eigenvalue weighted by Gasteiger charge is -2.28. The van der Waals surface area contributed by atoms with Crippen LogP contribution in [-0.2, 0) is 22.5 Å². The molecule has 3 aromatic rings. The molecule has 0 spiro atoms. The Kier molecular flexibility index (Phi) is 12.2. The molecule has 0 unspecified atom stereocenters. The van der Waals surface area contributed by atoms with Crippen LogP contribution in [-0.4, -0.2) is 68.7 Å². The summed E-state index contributed by atoms with van der Waals surface area (Å²) in [7, 11) is 3.17. The normalized spacial score (nSPS) is 10.8. The second-order valence-electron chi connectivity index (χ2n) is 9.17. The number of carbonyl (C=O) groups excluding carboxylic acids is 2. The van der Waals surface area contributed by atoms with Gasteiger partial charge >= 0.3 is 0 Å². The highest BCUT2D eigenvalue weighted by Crippen LogP contribution is 2.28. The number of hydrogen-bond donors (Lipinski definition) is 0. The van der Waals surface area contributed by atoms with Gasteiger partial charge in [-0.15, -0.1) is 0 Å². The van der Waals surface area contributed by atoms with Gasteiger partial charge in [0.1, 0.15) is 18.1 Å². The van der Waals surface area contributed by atoms with Gasteiger partial charge in [-0.3, -0.25) is 9.59 Å². The van der Waals surface area contributed by atoms with Crippen molar-refractivity contribution in [2.24, 2.45) is 0 Å². The van der Waals surface area contributed by atoms with Gasteiger partial charge in [0.25, 0.3) is 5.91 Å². The predicted molar refractivity (Wildman–Crippen MR) is 156 cm³/mol. The molecule has 0 aliphatic carbocycles. The van der Waals surface area contributed by atoms with E-state index in [2.05, 4.69) is 0 Å². The van der Waals surface area contributed by atoms with Gasteiger partial charge in [-0.2, -0.15) is 0 Å². The average molecular weight is 592 g/mol. The molecule has 0 atom stereocenters. The van der Waals surface area contributed by atoms with Crippen LogP contribution in [0.3, 0.4) is 0 Å². The molecule has 216 valence electrons. The van der Waals surface area contributed by atoms with Crippen LogP contribution in [0, 0.1) is 6.92 Å². The van der Waals surface area contributed by atoms with E-state index in [1.807, 2.05) is 44.2 Å². The van der Waals surface area contributed by atoms with E-state index in [1.165, 1.54) is 11.0 Å². The molecule has 1 aromatic heterocycles. The largest absolute Gasteiger partial charge is 0.493 e. The minimum atomic E-state index is -0.308. The minimum Gasteiger partial charge on any atom is -0.493 e. The van der Waals surface area contributed by atoms with E-state index in [4.69, 9.17) is 41.8 Å². The van der Waals surface area contributed by atoms with E-state index in [0.717, 1.165) is 11.3 Å². The second kappa shape index (κ2) is 15.6. The quantitative estimate of drug-likeness (QED) is 0.200. The fourth-order valence-corrected chi connectivity index (χ4v) is 4.48. The molecule has 0 saturated carbocycles. The Bertz CT molecular complexity index is 1280. The standard InChI is InChI=1S/C30H36Cl2N2O6/c1-5-39-16-6-14-34(30(36)23-9-11-25(31)26(32)18-23)20-29(35)33(19-24-10-7-21(2)40-24)15-13-22-8-12-27(37-3)28(17-22)38-4/h7-12,17-18H,5-6,13-16,19-20H2,1-4H3. The average Bonchev–Trinajstić information content (AvgIpc) is 3.37. The molecule has 0 radical (unpaired) electrons. The Morgan fingerprint density at radius 1 is 0.900 bits per heavy atom. The number of halogens is 2. The summed E-state index contributed by atoms with van der Waals surface area (Å²) in [4.78, 5) is 30.4. The Morgan fingerprint density at radius 3 is 2.33 bits per heavy atom.